The van der Waals surface area contributed by atoms with Crippen molar-refractivity contribution in [1.29, 1.82) is 0 Å². The van der Waals surface area contributed by atoms with Crippen LogP contribution in [0.5, 0.6) is 0 Å². The highest BCUT2D eigenvalue weighted by atomic mass is 127. The van der Waals surface area contributed by atoms with Crippen molar-refractivity contribution < 1.29 is 4.74 Å². The summed E-state index contributed by atoms with van der Waals surface area (Å²) in [6, 6.07) is 5.88. The molecule has 1 aromatic heterocycles. The van der Waals surface area contributed by atoms with E-state index in [1.807, 2.05) is 18.2 Å². The topological polar surface area (TPSA) is 22.1 Å². The highest BCUT2D eigenvalue weighted by Crippen LogP contribution is 2.02. The molecule has 0 spiro atoms. The zero-order valence-electron chi connectivity index (χ0n) is 5.67. The van der Waals surface area contributed by atoms with Gasteiger partial charge < -0.3 is 4.74 Å². The van der Waals surface area contributed by atoms with Gasteiger partial charge in [0, 0.05) is 7.11 Å². The Morgan fingerprint density at radius 2 is 2.40 bits per heavy atom. The van der Waals surface area contributed by atoms with Gasteiger partial charge in [-0.3, -0.25) is 0 Å². The molecule has 1 heterocycles. The van der Waals surface area contributed by atoms with E-state index in [2.05, 4.69) is 27.6 Å². The summed E-state index contributed by atoms with van der Waals surface area (Å²) in [6.07, 6.45) is 0. The SMILES string of the molecule is COCc1cccc(I)n1. The summed E-state index contributed by atoms with van der Waals surface area (Å²) in [5, 5.41) is 0. The Morgan fingerprint density at radius 1 is 1.60 bits per heavy atom. The zero-order chi connectivity index (χ0) is 7.40. The second kappa shape index (κ2) is 3.88. The highest BCUT2D eigenvalue weighted by Gasteiger charge is 1.91. The maximum Gasteiger partial charge on any atom is 0.101 e. The lowest BCUT2D eigenvalue weighted by atomic mass is 10.4. The van der Waals surface area contributed by atoms with Crippen LogP contribution in [0.3, 0.4) is 0 Å². The molecular weight excluding hydrogens is 241 g/mol. The van der Waals surface area contributed by atoms with Crippen molar-refractivity contribution in [2.24, 2.45) is 0 Å². The maximum atomic E-state index is 4.92. The number of ether oxygens (including phenoxy) is 1. The molecule has 0 saturated carbocycles. The largest absolute Gasteiger partial charge is 0.378 e. The average Bonchev–Trinajstić information content (AvgIpc) is 1.88. The minimum atomic E-state index is 0.594. The fraction of sp³-hybridized carbons (Fsp3) is 0.286. The molecule has 0 bridgehead atoms. The second-order valence-corrected chi connectivity index (χ2v) is 2.99. The maximum absolute atomic E-state index is 4.92. The molecule has 0 atom stereocenters. The molecule has 10 heavy (non-hydrogen) atoms. The molecule has 0 aliphatic heterocycles. The molecule has 0 radical (unpaired) electrons. The average molecular weight is 249 g/mol. The van der Waals surface area contributed by atoms with Gasteiger partial charge >= 0.3 is 0 Å². The van der Waals surface area contributed by atoms with Gasteiger partial charge in [0.1, 0.15) is 3.70 Å². The van der Waals surface area contributed by atoms with Crippen molar-refractivity contribution >= 4 is 22.6 Å². The van der Waals surface area contributed by atoms with E-state index in [-0.39, 0.29) is 0 Å². The number of methoxy groups -OCH3 is 1. The number of nitrogens with zero attached hydrogens (tertiary/aromatic N) is 1. The van der Waals surface area contributed by atoms with Gasteiger partial charge in [-0.1, -0.05) is 6.07 Å². The summed E-state index contributed by atoms with van der Waals surface area (Å²) in [4.78, 5) is 4.22. The Labute approximate surface area is 73.8 Å². The van der Waals surface area contributed by atoms with E-state index >= 15 is 0 Å². The lowest BCUT2D eigenvalue weighted by molar-refractivity contribution is 0.181. The molecular formula is C7H8INO. The fourth-order valence-electron chi connectivity index (χ4n) is 0.679. The lowest BCUT2D eigenvalue weighted by Gasteiger charge is -1.97. The number of aromatic nitrogens is 1. The van der Waals surface area contributed by atoms with Crippen LogP contribution in [0.2, 0.25) is 0 Å². The Bertz CT molecular complexity index is 215. The van der Waals surface area contributed by atoms with E-state index in [1.165, 1.54) is 0 Å². The number of rotatable bonds is 2. The number of halogens is 1. The predicted octanol–water partition coefficient (Wildman–Crippen LogP) is 1.83. The Kier molecular flexibility index (Phi) is 3.08. The van der Waals surface area contributed by atoms with E-state index < -0.39 is 0 Å². The lowest BCUT2D eigenvalue weighted by Crippen LogP contribution is -1.92. The van der Waals surface area contributed by atoms with Gasteiger partial charge in [-0.2, -0.15) is 0 Å². The number of hydrogen-bond acceptors (Lipinski definition) is 2. The predicted molar refractivity (Wildman–Crippen MR) is 47.7 cm³/mol. The third-order valence-corrected chi connectivity index (χ3v) is 1.67. The van der Waals surface area contributed by atoms with Gasteiger partial charge in [-0.05, 0) is 34.7 Å². The van der Waals surface area contributed by atoms with Crippen LogP contribution in [-0.2, 0) is 11.3 Å². The summed E-state index contributed by atoms with van der Waals surface area (Å²) in [7, 11) is 1.67. The molecule has 0 N–H and O–H groups in total. The molecule has 0 saturated heterocycles. The van der Waals surface area contributed by atoms with Crippen LogP contribution < -0.4 is 0 Å². The van der Waals surface area contributed by atoms with Crippen molar-refractivity contribution in [2.75, 3.05) is 7.11 Å². The Hall–Kier alpha value is -0.160. The Balaban J connectivity index is 2.75. The van der Waals surface area contributed by atoms with Crippen molar-refractivity contribution in [3.8, 4) is 0 Å². The molecule has 0 amide bonds. The van der Waals surface area contributed by atoms with Crippen LogP contribution in [0.4, 0.5) is 0 Å². The van der Waals surface area contributed by atoms with Crippen LogP contribution in [0, 0.1) is 3.70 Å². The van der Waals surface area contributed by atoms with E-state index in [0.717, 1.165) is 9.39 Å². The molecule has 2 nitrogen and oxygen atoms in total. The monoisotopic (exact) mass is 249 g/mol. The quantitative estimate of drug-likeness (QED) is 0.589. The van der Waals surface area contributed by atoms with Crippen LogP contribution in [0.1, 0.15) is 5.69 Å². The highest BCUT2D eigenvalue weighted by molar-refractivity contribution is 14.1. The molecule has 1 aromatic rings. The zero-order valence-corrected chi connectivity index (χ0v) is 7.83. The van der Waals surface area contributed by atoms with Gasteiger partial charge in [0.15, 0.2) is 0 Å². The molecule has 0 aromatic carbocycles. The summed E-state index contributed by atoms with van der Waals surface area (Å²) >= 11 is 2.18. The third kappa shape index (κ3) is 2.22. The first kappa shape index (κ1) is 7.94. The Morgan fingerprint density at radius 3 is 3.00 bits per heavy atom. The first-order valence-electron chi connectivity index (χ1n) is 2.93. The minimum absolute atomic E-state index is 0.594. The summed E-state index contributed by atoms with van der Waals surface area (Å²) in [6.45, 7) is 0.594. The summed E-state index contributed by atoms with van der Waals surface area (Å²) in [5.74, 6) is 0. The first-order valence-corrected chi connectivity index (χ1v) is 4.01. The summed E-state index contributed by atoms with van der Waals surface area (Å²) in [5.41, 5.74) is 0.981. The molecule has 3 heteroatoms. The molecule has 0 fully saturated rings. The van der Waals surface area contributed by atoms with Crippen molar-refractivity contribution in [2.45, 2.75) is 6.61 Å². The first-order chi connectivity index (χ1) is 4.83. The van der Waals surface area contributed by atoms with E-state index in [4.69, 9.17) is 4.74 Å². The molecule has 0 aliphatic carbocycles. The van der Waals surface area contributed by atoms with Gasteiger partial charge in [-0.15, -0.1) is 0 Å². The normalized spacial score (nSPS) is 9.80. The number of pyridine rings is 1. The summed E-state index contributed by atoms with van der Waals surface area (Å²) < 4.78 is 5.92. The van der Waals surface area contributed by atoms with Gasteiger partial charge in [0.2, 0.25) is 0 Å². The van der Waals surface area contributed by atoms with Crippen LogP contribution in [0.25, 0.3) is 0 Å². The van der Waals surface area contributed by atoms with E-state index in [1.54, 1.807) is 7.11 Å². The van der Waals surface area contributed by atoms with E-state index in [9.17, 15) is 0 Å². The van der Waals surface area contributed by atoms with Crippen molar-refractivity contribution in [1.82, 2.24) is 4.98 Å². The minimum Gasteiger partial charge on any atom is -0.378 e. The van der Waals surface area contributed by atoms with Gasteiger partial charge in [0.25, 0.3) is 0 Å². The molecule has 1 rings (SSSR count). The standard InChI is InChI=1S/C7H8INO/c1-10-5-6-3-2-4-7(8)9-6/h2-4H,5H2,1H3. The third-order valence-electron chi connectivity index (χ3n) is 1.07. The smallest absolute Gasteiger partial charge is 0.101 e. The van der Waals surface area contributed by atoms with Crippen molar-refractivity contribution in [3.05, 3.63) is 27.6 Å². The fourth-order valence-corrected chi connectivity index (χ4v) is 1.20. The van der Waals surface area contributed by atoms with Crippen LogP contribution in [0.15, 0.2) is 18.2 Å². The van der Waals surface area contributed by atoms with Gasteiger partial charge in [0.05, 0.1) is 12.3 Å². The van der Waals surface area contributed by atoms with Crippen molar-refractivity contribution in [3.63, 3.8) is 0 Å². The van der Waals surface area contributed by atoms with Crippen LogP contribution in [-0.4, -0.2) is 12.1 Å². The molecule has 54 valence electrons. The van der Waals surface area contributed by atoms with Gasteiger partial charge in [-0.25, -0.2) is 4.98 Å². The molecule has 0 aliphatic rings. The molecule has 0 unspecified atom stereocenters. The number of hydrogen-bond donors (Lipinski definition) is 0. The van der Waals surface area contributed by atoms with E-state index in [0.29, 0.717) is 6.61 Å². The van der Waals surface area contributed by atoms with Crippen LogP contribution >= 0.6 is 22.6 Å². The second-order valence-electron chi connectivity index (χ2n) is 1.88.